The molecule has 0 spiro atoms. The predicted molar refractivity (Wildman–Crippen MR) is 77.5 cm³/mol. The molecule has 0 aromatic heterocycles. The first-order chi connectivity index (χ1) is 9.61. The van der Waals surface area contributed by atoms with Gasteiger partial charge in [0.25, 0.3) is 0 Å². The first-order valence-corrected chi connectivity index (χ1v) is 6.54. The highest BCUT2D eigenvalue weighted by Gasteiger charge is 2.12. The highest BCUT2D eigenvalue weighted by molar-refractivity contribution is 6.30. The van der Waals surface area contributed by atoms with Gasteiger partial charge in [0.2, 0.25) is 0 Å². The molecule has 0 saturated heterocycles. The summed E-state index contributed by atoms with van der Waals surface area (Å²) in [6.07, 6.45) is -1.18. The Morgan fingerprint density at radius 1 is 1.30 bits per heavy atom. The number of halogens is 1. The van der Waals surface area contributed by atoms with Crippen LogP contribution in [0.2, 0.25) is 5.02 Å². The summed E-state index contributed by atoms with van der Waals surface area (Å²) in [6.45, 7) is 2.21. The number of nitriles is 1. The Morgan fingerprint density at radius 2 is 2.05 bits per heavy atom. The van der Waals surface area contributed by atoms with Gasteiger partial charge in [0.05, 0.1) is 6.07 Å². The number of ether oxygens (including phenoxy) is 1. The molecule has 0 radical (unpaired) electrons. The zero-order chi connectivity index (χ0) is 14.5. The summed E-state index contributed by atoms with van der Waals surface area (Å²) in [6, 6.07) is 14.5. The zero-order valence-corrected chi connectivity index (χ0v) is 11.8. The van der Waals surface area contributed by atoms with Crippen LogP contribution in [-0.4, -0.2) is 5.11 Å². The fourth-order valence-electron chi connectivity index (χ4n) is 1.91. The minimum atomic E-state index is -1.18. The van der Waals surface area contributed by atoms with Crippen LogP contribution in [0.3, 0.4) is 0 Å². The van der Waals surface area contributed by atoms with Gasteiger partial charge in [-0.05, 0) is 36.2 Å². The van der Waals surface area contributed by atoms with E-state index in [1.165, 1.54) is 0 Å². The Kier molecular flexibility index (Phi) is 4.62. The van der Waals surface area contributed by atoms with E-state index in [1.807, 2.05) is 37.3 Å². The Hall–Kier alpha value is -2.02. The molecule has 0 aliphatic heterocycles. The molecule has 4 heteroatoms. The molecule has 0 saturated carbocycles. The number of nitrogens with zero attached hydrogens (tertiary/aromatic N) is 1. The Bertz CT molecular complexity index is 649. The number of aryl methyl sites for hydroxylation is 1. The van der Waals surface area contributed by atoms with E-state index in [4.69, 9.17) is 21.6 Å². The van der Waals surface area contributed by atoms with Crippen LogP contribution >= 0.6 is 11.6 Å². The molecule has 2 aromatic rings. The van der Waals surface area contributed by atoms with Gasteiger partial charge >= 0.3 is 0 Å². The molecule has 3 nitrogen and oxygen atoms in total. The molecule has 0 bridgehead atoms. The van der Waals surface area contributed by atoms with Crippen LogP contribution in [0.5, 0.6) is 5.75 Å². The molecule has 2 rings (SSSR count). The van der Waals surface area contributed by atoms with Crippen LogP contribution in [0.4, 0.5) is 0 Å². The van der Waals surface area contributed by atoms with E-state index in [-0.39, 0.29) is 6.61 Å². The first-order valence-electron chi connectivity index (χ1n) is 6.16. The largest absolute Gasteiger partial charge is 0.489 e. The predicted octanol–water partition coefficient (Wildman–Crippen LogP) is 3.78. The lowest BCUT2D eigenvalue weighted by Gasteiger charge is -2.13. The molecule has 0 aliphatic rings. The highest BCUT2D eigenvalue weighted by Crippen LogP contribution is 2.24. The van der Waals surface area contributed by atoms with Gasteiger partial charge in [0.1, 0.15) is 12.4 Å². The fourth-order valence-corrected chi connectivity index (χ4v) is 2.10. The van der Waals surface area contributed by atoms with Crippen molar-refractivity contribution in [3.8, 4) is 11.8 Å². The van der Waals surface area contributed by atoms with Gasteiger partial charge in [-0.3, -0.25) is 0 Å². The van der Waals surface area contributed by atoms with Crippen molar-refractivity contribution in [2.24, 2.45) is 0 Å². The number of hydrogen-bond acceptors (Lipinski definition) is 3. The van der Waals surface area contributed by atoms with Gasteiger partial charge in [-0.2, -0.15) is 5.26 Å². The molecule has 0 unspecified atom stereocenters. The molecule has 0 amide bonds. The van der Waals surface area contributed by atoms with Crippen molar-refractivity contribution in [1.29, 1.82) is 5.26 Å². The SMILES string of the molecule is Cc1ccccc1OCc1cc(Cl)ccc1[C@@H](O)C#N. The third kappa shape index (κ3) is 3.30. The van der Waals surface area contributed by atoms with Gasteiger partial charge in [0.15, 0.2) is 6.10 Å². The molecule has 0 heterocycles. The van der Waals surface area contributed by atoms with Gasteiger partial charge in [0, 0.05) is 10.6 Å². The summed E-state index contributed by atoms with van der Waals surface area (Å²) in [5, 5.41) is 19.1. The Morgan fingerprint density at radius 3 is 2.75 bits per heavy atom. The third-order valence-electron chi connectivity index (χ3n) is 3.00. The molecular formula is C16H14ClNO2. The Labute approximate surface area is 123 Å². The monoisotopic (exact) mass is 287 g/mol. The summed E-state index contributed by atoms with van der Waals surface area (Å²) in [5.74, 6) is 0.768. The second-order valence-electron chi connectivity index (χ2n) is 4.43. The summed E-state index contributed by atoms with van der Waals surface area (Å²) in [5.41, 5.74) is 2.25. The van der Waals surface area contributed by atoms with Crippen molar-refractivity contribution in [3.05, 3.63) is 64.2 Å². The van der Waals surface area contributed by atoms with Crippen molar-refractivity contribution < 1.29 is 9.84 Å². The number of hydrogen-bond donors (Lipinski definition) is 1. The van der Waals surface area contributed by atoms with Crippen LogP contribution in [0.1, 0.15) is 22.8 Å². The maximum atomic E-state index is 9.69. The van der Waals surface area contributed by atoms with Crippen LogP contribution in [-0.2, 0) is 6.61 Å². The van der Waals surface area contributed by atoms with E-state index in [9.17, 15) is 5.11 Å². The van der Waals surface area contributed by atoms with Gasteiger partial charge in [-0.1, -0.05) is 35.9 Å². The summed E-state index contributed by atoms with van der Waals surface area (Å²) in [7, 11) is 0. The minimum absolute atomic E-state index is 0.249. The van der Waals surface area contributed by atoms with Gasteiger partial charge < -0.3 is 9.84 Å². The van der Waals surface area contributed by atoms with Crippen molar-refractivity contribution in [2.75, 3.05) is 0 Å². The lowest BCUT2D eigenvalue weighted by Crippen LogP contribution is -2.04. The van der Waals surface area contributed by atoms with Crippen LogP contribution in [0.15, 0.2) is 42.5 Å². The molecular weight excluding hydrogens is 274 g/mol. The van der Waals surface area contributed by atoms with Crippen molar-refractivity contribution >= 4 is 11.6 Å². The first kappa shape index (κ1) is 14.4. The van der Waals surface area contributed by atoms with Crippen LogP contribution < -0.4 is 4.74 Å². The standard InChI is InChI=1S/C16H14ClNO2/c1-11-4-2-3-5-16(11)20-10-12-8-13(17)6-7-14(12)15(19)9-18/h2-8,15,19H,10H2,1H3/t15-/m0/s1. The molecule has 102 valence electrons. The minimum Gasteiger partial charge on any atom is -0.489 e. The average Bonchev–Trinajstić information content (AvgIpc) is 2.46. The fraction of sp³-hybridized carbons (Fsp3) is 0.188. The number of para-hydroxylation sites is 1. The smallest absolute Gasteiger partial charge is 0.166 e. The second kappa shape index (κ2) is 6.42. The Balaban J connectivity index is 2.23. The van der Waals surface area contributed by atoms with Crippen molar-refractivity contribution in [1.82, 2.24) is 0 Å². The van der Waals surface area contributed by atoms with Crippen molar-refractivity contribution in [3.63, 3.8) is 0 Å². The van der Waals surface area contributed by atoms with Gasteiger partial charge in [-0.15, -0.1) is 0 Å². The van der Waals surface area contributed by atoms with E-state index in [2.05, 4.69) is 0 Å². The molecule has 1 N–H and O–H groups in total. The lowest BCUT2D eigenvalue weighted by atomic mass is 10.0. The maximum absolute atomic E-state index is 9.69. The molecule has 0 aliphatic carbocycles. The van der Waals surface area contributed by atoms with Crippen LogP contribution in [0.25, 0.3) is 0 Å². The quantitative estimate of drug-likeness (QED) is 0.871. The molecule has 0 fully saturated rings. The summed E-state index contributed by atoms with van der Waals surface area (Å²) < 4.78 is 5.73. The third-order valence-corrected chi connectivity index (χ3v) is 3.23. The lowest BCUT2D eigenvalue weighted by molar-refractivity contribution is 0.229. The number of aliphatic hydroxyl groups is 1. The van der Waals surface area contributed by atoms with E-state index in [0.29, 0.717) is 16.1 Å². The van der Waals surface area contributed by atoms with E-state index in [1.54, 1.807) is 18.2 Å². The molecule has 1 atom stereocenters. The van der Waals surface area contributed by atoms with E-state index >= 15 is 0 Å². The zero-order valence-electron chi connectivity index (χ0n) is 11.0. The number of rotatable bonds is 4. The summed E-state index contributed by atoms with van der Waals surface area (Å²) in [4.78, 5) is 0. The van der Waals surface area contributed by atoms with Crippen molar-refractivity contribution in [2.45, 2.75) is 19.6 Å². The number of aliphatic hydroxyl groups excluding tert-OH is 1. The molecule has 20 heavy (non-hydrogen) atoms. The topological polar surface area (TPSA) is 53.2 Å². The highest BCUT2D eigenvalue weighted by atomic mass is 35.5. The van der Waals surface area contributed by atoms with E-state index < -0.39 is 6.10 Å². The average molecular weight is 288 g/mol. The number of benzene rings is 2. The van der Waals surface area contributed by atoms with E-state index in [0.717, 1.165) is 11.3 Å². The normalized spacial score (nSPS) is 11.7. The summed E-state index contributed by atoms with van der Waals surface area (Å²) >= 11 is 5.96. The maximum Gasteiger partial charge on any atom is 0.166 e. The molecule has 2 aromatic carbocycles. The second-order valence-corrected chi connectivity index (χ2v) is 4.87. The van der Waals surface area contributed by atoms with Crippen LogP contribution in [0, 0.1) is 18.3 Å². The van der Waals surface area contributed by atoms with Gasteiger partial charge in [-0.25, -0.2) is 0 Å².